The Hall–Kier alpha value is -2.38. The highest BCUT2D eigenvalue weighted by atomic mass is 32.2. The van der Waals surface area contributed by atoms with Crippen LogP contribution in [0, 0.1) is 0 Å². The normalized spacial score (nSPS) is 17.1. The van der Waals surface area contributed by atoms with Crippen molar-refractivity contribution in [2.75, 3.05) is 19.3 Å². The molecule has 0 aromatic heterocycles. The Morgan fingerprint density at radius 2 is 1.68 bits per heavy atom. The Morgan fingerprint density at radius 1 is 1.07 bits per heavy atom. The molecule has 0 aliphatic carbocycles. The Morgan fingerprint density at radius 3 is 2.32 bits per heavy atom. The fourth-order valence-electron chi connectivity index (χ4n) is 3.32. The molecule has 1 atom stereocenters. The molecule has 0 bridgehead atoms. The average Bonchev–Trinajstić information content (AvgIpc) is 2.68. The van der Waals surface area contributed by atoms with Crippen molar-refractivity contribution in [1.82, 2.24) is 9.62 Å². The van der Waals surface area contributed by atoms with Crippen molar-refractivity contribution < 1.29 is 17.9 Å². The molecule has 2 aromatic rings. The van der Waals surface area contributed by atoms with Crippen LogP contribution in [0.1, 0.15) is 41.7 Å². The highest BCUT2D eigenvalue weighted by Gasteiger charge is 2.27. The van der Waals surface area contributed by atoms with Crippen LogP contribution in [-0.4, -0.2) is 44.1 Å². The topological polar surface area (TPSA) is 75.7 Å². The minimum atomic E-state index is -3.17. The molecule has 1 aliphatic rings. The van der Waals surface area contributed by atoms with E-state index in [0.717, 1.165) is 5.56 Å². The smallest absolute Gasteiger partial charge is 0.255 e. The van der Waals surface area contributed by atoms with Crippen LogP contribution in [-0.2, 0) is 10.0 Å². The van der Waals surface area contributed by atoms with Crippen LogP contribution in [0.3, 0.4) is 0 Å². The summed E-state index contributed by atoms with van der Waals surface area (Å²) in [6.45, 7) is 2.81. The van der Waals surface area contributed by atoms with E-state index in [0.29, 0.717) is 37.2 Å². The van der Waals surface area contributed by atoms with Gasteiger partial charge in [0, 0.05) is 13.1 Å². The van der Waals surface area contributed by atoms with Crippen LogP contribution in [0.25, 0.3) is 0 Å². The summed E-state index contributed by atoms with van der Waals surface area (Å²) in [5.41, 5.74) is 1.51. The minimum absolute atomic E-state index is 0.113. The molecule has 1 unspecified atom stereocenters. The fraction of sp³-hybridized carbons (Fsp3) is 0.381. The molecule has 1 saturated heterocycles. The lowest BCUT2D eigenvalue weighted by molar-refractivity contribution is 0.0925. The lowest BCUT2D eigenvalue weighted by Crippen LogP contribution is -2.41. The maximum Gasteiger partial charge on any atom is 0.255 e. The first-order valence-corrected chi connectivity index (χ1v) is 11.3. The number of nitrogens with one attached hydrogen (secondary N) is 1. The molecule has 1 N–H and O–H groups in total. The van der Waals surface area contributed by atoms with Gasteiger partial charge in [-0.25, -0.2) is 12.7 Å². The third-order valence-corrected chi connectivity index (χ3v) is 6.25. The lowest BCUT2D eigenvalue weighted by atomic mass is 10.1. The standard InChI is InChI=1S/C21H26N2O4S/c1-16(17-8-4-3-5-9-17)22-21(24)19-10-6-7-11-20(19)27-18-12-14-23(15-13-18)28(2,25)26/h3-11,16,18H,12-15H2,1-2H3,(H,22,24). The summed E-state index contributed by atoms with van der Waals surface area (Å²) < 4.78 is 30.8. The van der Waals surface area contributed by atoms with Crippen molar-refractivity contribution in [3.8, 4) is 5.75 Å². The summed E-state index contributed by atoms with van der Waals surface area (Å²) in [5.74, 6) is 0.332. The van der Waals surface area contributed by atoms with Crippen molar-refractivity contribution in [1.29, 1.82) is 0 Å². The number of carbonyl (C=O) groups excluding carboxylic acids is 1. The van der Waals surface area contributed by atoms with E-state index in [2.05, 4.69) is 5.32 Å². The summed E-state index contributed by atoms with van der Waals surface area (Å²) in [5, 5.41) is 3.01. The number of hydrogen-bond donors (Lipinski definition) is 1. The van der Waals surface area contributed by atoms with Crippen molar-refractivity contribution in [2.45, 2.75) is 31.9 Å². The lowest BCUT2D eigenvalue weighted by Gasteiger charge is -2.30. The van der Waals surface area contributed by atoms with E-state index in [9.17, 15) is 13.2 Å². The number of carbonyl (C=O) groups is 1. The molecule has 0 spiro atoms. The van der Waals surface area contributed by atoms with Crippen LogP contribution in [0.15, 0.2) is 54.6 Å². The molecule has 0 radical (unpaired) electrons. The third-order valence-electron chi connectivity index (χ3n) is 4.94. The fourth-order valence-corrected chi connectivity index (χ4v) is 4.19. The van der Waals surface area contributed by atoms with E-state index in [4.69, 9.17) is 4.74 Å². The van der Waals surface area contributed by atoms with Crippen LogP contribution >= 0.6 is 0 Å². The van der Waals surface area contributed by atoms with Crippen LogP contribution < -0.4 is 10.1 Å². The summed E-state index contributed by atoms with van der Waals surface area (Å²) in [6, 6.07) is 16.8. The number of nitrogens with zero attached hydrogens (tertiary/aromatic N) is 1. The Bertz CT molecular complexity index is 907. The quantitative estimate of drug-likeness (QED) is 0.806. The van der Waals surface area contributed by atoms with Gasteiger partial charge in [0.2, 0.25) is 10.0 Å². The predicted octanol–water partition coefficient (Wildman–Crippen LogP) is 2.98. The molecule has 6 nitrogen and oxygen atoms in total. The second-order valence-electron chi connectivity index (χ2n) is 7.08. The average molecular weight is 403 g/mol. The van der Waals surface area contributed by atoms with Gasteiger partial charge in [0.25, 0.3) is 5.91 Å². The Kier molecular flexibility index (Phi) is 6.36. The molecule has 0 saturated carbocycles. The Labute approximate surface area is 166 Å². The van der Waals surface area contributed by atoms with E-state index in [1.54, 1.807) is 18.2 Å². The number of sulfonamides is 1. The Balaban J connectivity index is 1.65. The molecule has 150 valence electrons. The zero-order valence-corrected chi connectivity index (χ0v) is 17.0. The van der Waals surface area contributed by atoms with Crippen molar-refractivity contribution >= 4 is 15.9 Å². The summed E-state index contributed by atoms with van der Waals surface area (Å²) in [7, 11) is -3.17. The third kappa shape index (κ3) is 5.11. The van der Waals surface area contributed by atoms with Gasteiger partial charge in [-0.3, -0.25) is 4.79 Å². The summed E-state index contributed by atoms with van der Waals surface area (Å²) >= 11 is 0. The number of rotatable bonds is 6. The second kappa shape index (κ2) is 8.75. The van der Waals surface area contributed by atoms with Crippen LogP contribution in [0.5, 0.6) is 5.75 Å². The monoisotopic (exact) mass is 402 g/mol. The molecular formula is C21H26N2O4S. The maximum atomic E-state index is 12.8. The number of piperidine rings is 1. The number of para-hydroxylation sites is 1. The first kappa shape index (κ1) is 20.4. The molecule has 7 heteroatoms. The van der Waals surface area contributed by atoms with E-state index in [-0.39, 0.29) is 18.1 Å². The van der Waals surface area contributed by atoms with Gasteiger partial charge < -0.3 is 10.1 Å². The number of benzene rings is 2. The van der Waals surface area contributed by atoms with E-state index in [1.807, 2.05) is 43.3 Å². The SMILES string of the molecule is CC(NC(=O)c1ccccc1OC1CCN(S(C)(=O)=O)CC1)c1ccccc1. The van der Waals surface area contributed by atoms with Gasteiger partial charge in [-0.15, -0.1) is 0 Å². The molecule has 2 aromatic carbocycles. The van der Waals surface area contributed by atoms with Crippen molar-refractivity contribution in [3.63, 3.8) is 0 Å². The van der Waals surface area contributed by atoms with Crippen LogP contribution in [0.4, 0.5) is 0 Å². The molecule has 1 amide bonds. The first-order chi connectivity index (χ1) is 13.3. The minimum Gasteiger partial charge on any atom is -0.489 e. The van der Waals surface area contributed by atoms with Crippen molar-refractivity contribution in [3.05, 3.63) is 65.7 Å². The molecule has 1 fully saturated rings. The van der Waals surface area contributed by atoms with Gasteiger partial charge in [-0.05, 0) is 37.5 Å². The van der Waals surface area contributed by atoms with Gasteiger partial charge in [-0.1, -0.05) is 42.5 Å². The number of hydrogen-bond acceptors (Lipinski definition) is 4. The van der Waals surface area contributed by atoms with E-state index < -0.39 is 10.0 Å². The van der Waals surface area contributed by atoms with Gasteiger partial charge in [-0.2, -0.15) is 0 Å². The zero-order chi connectivity index (χ0) is 20.1. The summed E-state index contributed by atoms with van der Waals surface area (Å²) in [6.07, 6.45) is 2.31. The highest BCUT2D eigenvalue weighted by molar-refractivity contribution is 7.88. The summed E-state index contributed by atoms with van der Waals surface area (Å²) in [4.78, 5) is 12.8. The van der Waals surface area contributed by atoms with Crippen molar-refractivity contribution in [2.24, 2.45) is 0 Å². The largest absolute Gasteiger partial charge is 0.489 e. The number of amides is 1. The molecular weight excluding hydrogens is 376 g/mol. The molecule has 28 heavy (non-hydrogen) atoms. The first-order valence-electron chi connectivity index (χ1n) is 9.41. The van der Waals surface area contributed by atoms with E-state index in [1.165, 1.54) is 10.6 Å². The second-order valence-corrected chi connectivity index (χ2v) is 9.06. The zero-order valence-electron chi connectivity index (χ0n) is 16.2. The van der Waals surface area contributed by atoms with Gasteiger partial charge >= 0.3 is 0 Å². The number of ether oxygens (including phenoxy) is 1. The maximum absolute atomic E-state index is 12.8. The van der Waals surface area contributed by atoms with E-state index >= 15 is 0 Å². The predicted molar refractivity (Wildman–Crippen MR) is 109 cm³/mol. The van der Waals surface area contributed by atoms with Gasteiger partial charge in [0.15, 0.2) is 0 Å². The highest BCUT2D eigenvalue weighted by Crippen LogP contribution is 2.24. The molecule has 1 aliphatic heterocycles. The molecule has 3 rings (SSSR count). The molecule has 1 heterocycles. The van der Waals surface area contributed by atoms with Gasteiger partial charge in [0.05, 0.1) is 17.9 Å². The van der Waals surface area contributed by atoms with Crippen LogP contribution in [0.2, 0.25) is 0 Å². The van der Waals surface area contributed by atoms with Gasteiger partial charge in [0.1, 0.15) is 11.9 Å².